The molecule has 344 valence electrons. The molecule has 0 bridgehead atoms. The van der Waals surface area contributed by atoms with E-state index in [4.69, 9.17) is 5.73 Å². The smallest absolute Gasteiger partial charge is 0.339 e. The number of aromatic nitrogens is 2. The molecular weight excluding hydrogens is 863 g/mol. The quantitative estimate of drug-likeness (QED) is 0.151. The molecule has 2 aliphatic rings. The summed E-state index contributed by atoms with van der Waals surface area (Å²) in [4.78, 5) is 59.4. The molecule has 20 heteroatoms. The average molecular weight is 920 g/mol. The highest BCUT2D eigenvalue weighted by Crippen LogP contribution is 2.28. The van der Waals surface area contributed by atoms with Crippen molar-refractivity contribution in [2.24, 2.45) is 5.73 Å². The van der Waals surface area contributed by atoms with Gasteiger partial charge in [-0.15, -0.1) is 0 Å². The van der Waals surface area contributed by atoms with E-state index in [-0.39, 0.29) is 93.1 Å². The van der Waals surface area contributed by atoms with E-state index < -0.39 is 26.4 Å². The minimum Gasteiger partial charge on any atom is -0.465 e. The van der Waals surface area contributed by atoms with Gasteiger partial charge in [-0.3, -0.25) is 33.0 Å². The summed E-state index contributed by atoms with van der Waals surface area (Å²) in [5, 5.41) is 0. The molecule has 2 aromatic heterocycles. The van der Waals surface area contributed by atoms with Crippen LogP contribution in [0.1, 0.15) is 73.6 Å². The van der Waals surface area contributed by atoms with Gasteiger partial charge >= 0.3 is 26.4 Å². The Morgan fingerprint density at radius 2 is 0.969 bits per heavy atom. The van der Waals surface area contributed by atoms with Crippen molar-refractivity contribution in [3.8, 4) is 0 Å². The number of para-hydroxylation sites is 2. The number of rotatable bonds is 13. The fraction of sp³-hybridized carbons (Fsp3) is 0.409. The van der Waals surface area contributed by atoms with Crippen molar-refractivity contribution in [3.05, 3.63) is 120 Å². The van der Waals surface area contributed by atoms with Crippen LogP contribution < -0.4 is 14.3 Å². The number of nitrogens with zero attached hydrogens (tertiary/aromatic N) is 8. The van der Waals surface area contributed by atoms with E-state index in [1.54, 1.807) is 82.6 Å². The number of nitrogens with two attached hydrogens (primary N) is 1. The summed E-state index contributed by atoms with van der Waals surface area (Å²) in [5.74, 6) is -0.888. The molecule has 6 rings (SSSR count). The average Bonchev–Trinajstić information content (AvgIpc) is 3.27. The third-order valence-corrected chi connectivity index (χ3v) is 14.7. The molecule has 0 spiro atoms. The minimum absolute atomic E-state index is 0.000866. The predicted molar refractivity (Wildman–Crippen MR) is 242 cm³/mol. The number of piperazine rings is 2. The summed E-state index contributed by atoms with van der Waals surface area (Å²) in [7, 11) is -6.56. The molecule has 0 saturated carbocycles. The third kappa shape index (κ3) is 11.5. The van der Waals surface area contributed by atoms with Gasteiger partial charge in [0.25, 0.3) is 0 Å². The second-order valence-corrected chi connectivity index (χ2v) is 19.5. The Balaban J connectivity index is 0.000000241. The van der Waals surface area contributed by atoms with Crippen molar-refractivity contribution in [1.82, 2.24) is 28.4 Å². The number of amides is 2. The number of benzene rings is 2. The Kier molecular flexibility index (Phi) is 16.3. The molecule has 0 unspecified atom stereocenters. The van der Waals surface area contributed by atoms with E-state index in [9.17, 15) is 36.0 Å². The molecule has 2 aliphatic heterocycles. The molecule has 2 aromatic carbocycles. The molecule has 2 saturated heterocycles. The molecule has 64 heavy (non-hydrogen) atoms. The fourth-order valence-electron chi connectivity index (χ4n) is 8.10. The molecule has 4 atom stereocenters. The fourth-order valence-corrected chi connectivity index (χ4v) is 11.6. The Morgan fingerprint density at radius 3 is 1.27 bits per heavy atom. The summed E-state index contributed by atoms with van der Waals surface area (Å²) in [6.45, 7) is 11.1. The van der Waals surface area contributed by atoms with Crippen molar-refractivity contribution < 1.29 is 40.8 Å². The lowest BCUT2D eigenvalue weighted by Crippen LogP contribution is -2.61. The van der Waals surface area contributed by atoms with Gasteiger partial charge in [0.2, 0.25) is 11.8 Å². The monoisotopic (exact) mass is 919 g/mol. The van der Waals surface area contributed by atoms with E-state index >= 15 is 0 Å². The lowest BCUT2D eigenvalue weighted by atomic mass is 10.1. The maximum absolute atomic E-state index is 13.7. The van der Waals surface area contributed by atoms with Crippen LogP contribution in [-0.4, -0.2) is 133 Å². The van der Waals surface area contributed by atoms with E-state index in [2.05, 4.69) is 14.7 Å². The molecule has 18 nitrogen and oxygen atoms in total. The first kappa shape index (κ1) is 49.2. The molecule has 2 amide bonds. The minimum atomic E-state index is -3.92. The number of carbonyl (C=O) groups excluding carboxylic acids is 4. The zero-order chi connectivity index (χ0) is 46.9. The number of carbonyl (C=O) groups is 4. The maximum atomic E-state index is 13.7. The topological polar surface area (TPSA) is 217 Å². The number of pyridine rings is 2. The van der Waals surface area contributed by atoms with Gasteiger partial charge in [-0.05, 0) is 76.2 Å². The van der Waals surface area contributed by atoms with Crippen molar-refractivity contribution in [2.45, 2.75) is 78.8 Å². The van der Waals surface area contributed by atoms with Crippen LogP contribution in [0.2, 0.25) is 0 Å². The van der Waals surface area contributed by atoms with E-state index in [1.807, 2.05) is 39.8 Å². The lowest BCUT2D eigenvalue weighted by Gasteiger charge is -2.44. The van der Waals surface area contributed by atoms with Crippen LogP contribution in [0.4, 0.5) is 11.4 Å². The Labute approximate surface area is 376 Å². The standard InChI is InChI=1S/C22H29N5O4S.C22H28N4O5S/c1-16-13-25(14-17(2)27(16)18(3)28)32(30,31)26(21-7-5-4-6-8-21)15-20-10-9-19(12-24-20)22(29)11-23;1-16-13-24(14-17(2)26(16)18(3)27)32(29,30)25(21-8-6-5-7-9-21)15-20-11-10-19(12-23-20)22(28)31-4/h4-10,12,16-17H,11,13-15,23H2,1-3H3;5-12,16-17H,13-15H2,1-4H3/t2*16-,17+. The molecule has 0 aliphatic carbocycles. The molecule has 4 aromatic rings. The summed E-state index contributed by atoms with van der Waals surface area (Å²) in [6.07, 6.45) is 2.78. The van der Waals surface area contributed by atoms with Crippen LogP contribution >= 0.6 is 0 Å². The molecular formula is C44H57N9O9S2. The van der Waals surface area contributed by atoms with E-state index in [1.165, 1.54) is 50.6 Å². The Bertz CT molecular complexity index is 2270. The molecule has 2 N–H and O–H groups in total. The summed E-state index contributed by atoms with van der Waals surface area (Å²) < 4.78 is 65.0. The van der Waals surface area contributed by atoms with Crippen LogP contribution in [0, 0.1) is 0 Å². The van der Waals surface area contributed by atoms with Crippen LogP contribution in [0.3, 0.4) is 0 Å². The lowest BCUT2D eigenvalue weighted by molar-refractivity contribution is -0.136. The van der Waals surface area contributed by atoms with Crippen molar-refractivity contribution in [3.63, 3.8) is 0 Å². The van der Waals surface area contributed by atoms with Crippen molar-refractivity contribution >= 4 is 55.4 Å². The summed E-state index contributed by atoms with van der Waals surface area (Å²) in [5.41, 5.74) is 8.04. The largest absolute Gasteiger partial charge is 0.465 e. The van der Waals surface area contributed by atoms with Gasteiger partial charge in [-0.25, -0.2) is 4.79 Å². The molecule has 0 radical (unpaired) electrons. The van der Waals surface area contributed by atoms with Crippen LogP contribution in [-0.2, 0) is 47.8 Å². The number of methoxy groups -OCH3 is 1. The first-order chi connectivity index (χ1) is 30.3. The predicted octanol–water partition coefficient (Wildman–Crippen LogP) is 3.48. The van der Waals surface area contributed by atoms with Crippen LogP contribution in [0.5, 0.6) is 0 Å². The molecule has 2 fully saturated rings. The van der Waals surface area contributed by atoms with Crippen molar-refractivity contribution in [2.75, 3.05) is 48.4 Å². The van der Waals surface area contributed by atoms with Gasteiger partial charge in [-0.2, -0.15) is 25.4 Å². The highest BCUT2D eigenvalue weighted by atomic mass is 32.2. The van der Waals surface area contributed by atoms with Gasteiger partial charge in [0.1, 0.15) is 0 Å². The number of hydrogen-bond acceptors (Lipinski definition) is 12. The Hall–Kier alpha value is -5.80. The van der Waals surface area contributed by atoms with Crippen LogP contribution in [0.25, 0.3) is 0 Å². The normalized spacial score (nSPS) is 19.5. The number of ketones is 1. The third-order valence-electron chi connectivity index (χ3n) is 11.0. The zero-order valence-electron chi connectivity index (χ0n) is 37.1. The van der Waals surface area contributed by atoms with Gasteiger partial charge in [0, 0.05) is 82.2 Å². The first-order valence-electron chi connectivity index (χ1n) is 20.7. The summed E-state index contributed by atoms with van der Waals surface area (Å²) >= 11 is 0. The van der Waals surface area contributed by atoms with Gasteiger partial charge in [-0.1, -0.05) is 36.4 Å². The zero-order valence-corrected chi connectivity index (χ0v) is 38.8. The first-order valence-corrected chi connectivity index (χ1v) is 23.5. The van der Waals surface area contributed by atoms with Crippen LogP contribution in [0.15, 0.2) is 97.3 Å². The molecule has 4 heterocycles. The number of anilines is 2. The Morgan fingerprint density at radius 1 is 0.609 bits per heavy atom. The highest BCUT2D eigenvalue weighted by Gasteiger charge is 2.41. The number of Topliss-reactive ketones (excluding diaryl/α,β-unsaturated/α-hetero) is 1. The van der Waals surface area contributed by atoms with Gasteiger partial charge in [0.15, 0.2) is 5.78 Å². The van der Waals surface area contributed by atoms with E-state index in [0.717, 1.165) is 0 Å². The van der Waals surface area contributed by atoms with Crippen molar-refractivity contribution in [1.29, 1.82) is 0 Å². The number of esters is 1. The maximum Gasteiger partial charge on any atom is 0.339 e. The highest BCUT2D eigenvalue weighted by molar-refractivity contribution is 7.90. The SMILES string of the molecule is CC(=O)N1[C@H](C)CN(S(=O)(=O)N(Cc2ccc(C(=O)CN)cn2)c2ccccc2)C[C@@H]1C.COC(=O)c1ccc(CN(c2ccccc2)S(=O)(=O)N2C[C@@H](C)N(C(C)=O)[C@@H](C)C2)nc1. The second kappa shape index (κ2) is 21.3. The number of hydrogen-bond donors (Lipinski definition) is 1. The number of ether oxygens (including phenoxy) is 1. The van der Waals surface area contributed by atoms with Gasteiger partial charge < -0.3 is 20.3 Å². The van der Waals surface area contributed by atoms with E-state index in [0.29, 0.717) is 28.3 Å². The second-order valence-electron chi connectivity index (χ2n) is 15.8. The summed E-state index contributed by atoms with van der Waals surface area (Å²) in [6, 6.07) is 23.0. The van der Waals surface area contributed by atoms with Gasteiger partial charge in [0.05, 0.1) is 55.1 Å².